The Hall–Kier alpha value is -3.00. The third-order valence-electron chi connectivity index (χ3n) is 5.60. The zero-order valence-electron chi connectivity index (χ0n) is 18.5. The average Bonchev–Trinajstić information content (AvgIpc) is 3.29. The first kappa shape index (κ1) is 22.2. The van der Waals surface area contributed by atoms with Crippen LogP contribution in [0.4, 0.5) is 4.39 Å². The topological polar surface area (TPSA) is 73.8 Å². The highest BCUT2D eigenvalue weighted by atomic mass is 32.2. The molecule has 0 saturated carbocycles. The number of hydrogen-bond donors (Lipinski definition) is 1. The fourth-order valence-electron chi connectivity index (χ4n) is 3.91. The Labute approximate surface area is 191 Å². The lowest BCUT2D eigenvalue weighted by Gasteiger charge is -2.20. The van der Waals surface area contributed by atoms with Crippen molar-refractivity contribution in [1.29, 1.82) is 5.41 Å². The molecule has 0 bridgehead atoms. The second kappa shape index (κ2) is 9.24. The number of rotatable bonds is 7. The van der Waals surface area contributed by atoms with Crippen molar-refractivity contribution in [2.45, 2.75) is 52.9 Å². The van der Waals surface area contributed by atoms with Crippen molar-refractivity contribution in [1.82, 2.24) is 9.58 Å². The van der Waals surface area contributed by atoms with Crippen molar-refractivity contribution in [3.05, 3.63) is 58.7 Å². The molecule has 0 atom stereocenters. The van der Waals surface area contributed by atoms with Crippen molar-refractivity contribution in [2.75, 3.05) is 0 Å². The van der Waals surface area contributed by atoms with Gasteiger partial charge < -0.3 is 4.57 Å². The molecule has 0 aliphatic carbocycles. The van der Waals surface area contributed by atoms with E-state index in [1.165, 1.54) is 41.7 Å². The number of aliphatic imine (C=N–C) groups is 1. The van der Waals surface area contributed by atoms with Crippen LogP contribution in [0.15, 0.2) is 46.0 Å². The Morgan fingerprint density at radius 2 is 1.91 bits per heavy atom. The molecule has 2 aliphatic rings. The number of thioether (sulfide) groups is 1. The zero-order valence-corrected chi connectivity index (χ0v) is 19.3. The minimum Gasteiger partial charge on any atom is -0.318 e. The Morgan fingerprint density at radius 1 is 1.16 bits per heavy atom. The molecule has 0 radical (unpaired) electrons. The van der Waals surface area contributed by atoms with E-state index in [4.69, 9.17) is 5.41 Å². The maximum absolute atomic E-state index is 13.3. The first-order valence-electron chi connectivity index (χ1n) is 10.8. The molecule has 1 aromatic heterocycles. The minimum atomic E-state index is -0.428. The van der Waals surface area contributed by atoms with Crippen LogP contribution in [0.3, 0.4) is 0 Å². The molecule has 4 rings (SSSR count). The maximum Gasteiger partial charge on any atom is 0.283 e. The smallest absolute Gasteiger partial charge is 0.283 e. The highest BCUT2D eigenvalue weighted by Crippen LogP contribution is 2.31. The lowest BCUT2D eigenvalue weighted by Crippen LogP contribution is -2.35. The number of fused-ring (bicyclic) bond motifs is 1. The summed E-state index contributed by atoms with van der Waals surface area (Å²) >= 11 is 1.38. The van der Waals surface area contributed by atoms with E-state index in [1.54, 1.807) is 18.2 Å². The van der Waals surface area contributed by atoms with Crippen molar-refractivity contribution >= 4 is 39.8 Å². The molecule has 1 aromatic carbocycles. The van der Waals surface area contributed by atoms with E-state index in [0.29, 0.717) is 5.17 Å². The summed E-state index contributed by atoms with van der Waals surface area (Å²) in [5.41, 5.74) is 3.71. The van der Waals surface area contributed by atoms with Gasteiger partial charge in [0.05, 0.1) is 5.57 Å². The van der Waals surface area contributed by atoms with Gasteiger partial charge in [-0.05, 0) is 80.4 Å². The number of carbonyl (C=O) groups excluding carboxylic acids is 1. The number of benzene rings is 1. The van der Waals surface area contributed by atoms with Gasteiger partial charge >= 0.3 is 0 Å². The number of amides is 1. The largest absolute Gasteiger partial charge is 0.318 e. The van der Waals surface area contributed by atoms with Gasteiger partial charge in [-0.1, -0.05) is 26.2 Å². The second-order valence-corrected chi connectivity index (χ2v) is 9.00. The third kappa shape index (κ3) is 4.32. The SMILES string of the molecule is CCCCCCC1=NN2C(=N)/C(=C/c3cc(C)n(-c4ccc(F)cc4)c3C)C(=O)N=C2S1. The number of unbranched alkanes of at least 4 members (excludes halogenated alkanes) is 3. The molecule has 1 N–H and O–H groups in total. The van der Waals surface area contributed by atoms with Gasteiger partial charge in [-0.25, -0.2) is 4.39 Å². The number of aryl methyl sites for hydroxylation is 1. The van der Waals surface area contributed by atoms with Gasteiger partial charge in [-0.15, -0.1) is 0 Å². The predicted octanol–water partition coefficient (Wildman–Crippen LogP) is 5.82. The summed E-state index contributed by atoms with van der Waals surface area (Å²) in [6, 6.07) is 8.23. The monoisotopic (exact) mass is 451 g/mol. The van der Waals surface area contributed by atoms with Gasteiger partial charge in [0.2, 0.25) is 5.17 Å². The number of nitrogens with zero attached hydrogens (tertiary/aromatic N) is 4. The van der Waals surface area contributed by atoms with Crippen molar-refractivity contribution in [3.63, 3.8) is 0 Å². The van der Waals surface area contributed by atoms with Gasteiger partial charge in [0, 0.05) is 17.1 Å². The van der Waals surface area contributed by atoms with E-state index < -0.39 is 5.91 Å². The van der Waals surface area contributed by atoms with Crippen LogP contribution in [0.5, 0.6) is 0 Å². The fraction of sp³-hybridized carbons (Fsp3) is 0.333. The third-order valence-corrected chi connectivity index (χ3v) is 6.56. The van der Waals surface area contributed by atoms with Gasteiger partial charge in [0.15, 0.2) is 5.84 Å². The summed E-state index contributed by atoms with van der Waals surface area (Å²) in [4.78, 5) is 16.9. The van der Waals surface area contributed by atoms with Crippen LogP contribution in [0, 0.1) is 25.1 Å². The van der Waals surface area contributed by atoms with Crippen LogP contribution < -0.4 is 0 Å². The predicted molar refractivity (Wildman–Crippen MR) is 129 cm³/mol. The normalized spacial score (nSPS) is 17.1. The Morgan fingerprint density at radius 3 is 2.62 bits per heavy atom. The summed E-state index contributed by atoms with van der Waals surface area (Å²) < 4.78 is 15.3. The molecule has 32 heavy (non-hydrogen) atoms. The molecular weight excluding hydrogens is 425 g/mol. The van der Waals surface area contributed by atoms with Crippen LogP contribution >= 0.6 is 11.8 Å². The zero-order chi connectivity index (χ0) is 22.8. The number of hydrazone groups is 1. The number of amidine groups is 2. The highest BCUT2D eigenvalue weighted by Gasteiger charge is 2.35. The fourth-order valence-corrected chi connectivity index (χ4v) is 4.84. The summed E-state index contributed by atoms with van der Waals surface area (Å²) in [5, 5.41) is 16.0. The number of aromatic nitrogens is 1. The second-order valence-electron chi connectivity index (χ2n) is 7.96. The quantitative estimate of drug-likeness (QED) is 0.426. The molecule has 8 heteroatoms. The van der Waals surface area contributed by atoms with Crippen LogP contribution in [-0.2, 0) is 4.79 Å². The molecule has 166 valence electrons. The standard InChI is InChI=1S/C24H26FN5OS/c1-4-5-6-7-8-21-28-30-22(26)20(23(31)27-24(30)32-21)14-17-13-15(2)29(16(17)3)19-11-9-18(25)10-12-19/h9-14,26H,4-8H2,1-3H3/b20-14-,26-22?. The summed E-state index contributed by atoms with van der Waals surface area (Å²) in [6.45, 7) is 6.07. The van der Waals surface area contributed by atoms with Gasteiger partial charge in [0.25, 0.3) is 5.91 Å². The number of halogens is 1. The molecule has 2 aliphatic heterocycles. The van der Waals surface area contributed by atoms with E-state index in [9.17, 15) is 9.18 Å². The van der Waals surface area contributed by atoms with Crippen LogP contribution in [0.1, 0.15) is 56.0 Å². The van der Waals surface area contributed by atoms with Gasteiger partial charge in [-0.3, -0.25) is 10.2 Å². The molecule has 1 amide bonds. The van der Waals surface area contributed by atoms with Crippen molar-refractivity contribution < 1.29 is 9.18 Å². The first-order valence-corrected chi connectivity index (χ1v) is 11.6. The Kier molecular flexibility index (Phi) is 6.41. The molecule has 2 aromatic rings. The molecule has 3 heterocycles. The van der Waals surface area contributed by atoms with Gasteiger partial charge in [-0.2, -0.15) is 15.1 Å². The lowest BCUT2D eigenvalue weighted by molar-refractivity contribution is -0.114. The van der Waals surface area contributed by atoms with E-state index in [-0.39, 0.29) is 17.2 Å². The maximum atomic E-state index is 13.3. The summed E-state index contributed by atoms with van der Waals surface area (Å²) in [6.07, 6.45) is 7.09. The first-order chi connectivity index (χ1) is 15.4. The van der Waals surface area contributed by atoms with E-state index in [0.717, 1.165) is 46.9 Å². The average molecular weight is 452 g/mol. The molecule has 0 fully saturated rings. The molecule has 0 spiro atoms. The van der Waals surface area contributed by atoms with Crippen molar-refractivity contribution in [3.8, 4) is 5.69 Å². The van der Waals surface area contributed by atoms with Crippen molar-refractivity contribution in [2.24, 2.45) is 10.1 Å². The summed E-state index contributed by atoms with van der Waals surface area (Å²) in [7, 11) is 0. The number of carbonyl (C=O) groups is 1. The van der Waals surface area contributed by atoms with Gasteiger partial charge in [0.1, 0.15) is 10.9 Å². The Balaban J connectivity index is 1.60. The number of hydrogen-bond acceptors (Lipinski definition) is 4. The van der Waals surface area contributed by atoms with E-state index in [1.807, 2.05) is 24.5 Å². The molecule has 6 nitrogen and oxygen atoms in total. The molecular formula is C24H26FN5OS. The van der Waals surface area contributed by atoms with E-state index in [2.05, 4.69) is 17.0 Å². The Bertz CT molecular complexity index is 1160. The minimum absolute atomic E-state index is 0.0441. The lowest BCUT2D eigenvalue weighted by atomic mass is 10.1. The van der Waals surface area contributed by atoms with Crippen LogP contribution in [-0.4, -0.2) is 31.5 Å². The highest BCUT2D eigenvalue weighted by molar-refractivity contribution is 8.26. The van der Waals surface area contributed by atoms with Crippen LogP contribution in [0.2, 0.25) is 0 Å². The molecule has 0 saturated heterocycles. The van der Waals surface area contributed by atoms with E-state index >= 15 is 0 Å². The van der Waals surface area contributed by atoms with Crippen LogP contribution in [0.25, 0.3) is 11.8 Å². The number of nitrogens with one attached hydrogen (secondary N) is 1. The summed E-state index contributed by atoms with van der Waals surface area (Å²) in [5.74, 6) is -0.673. The molecule has 0 unspecified atom stereocenters.